The van der Waals surface area contributed by atoms with E-state index >= 15 is 0 Å². The monoisotopic (exact) mass is 365 g/mol. The normalized spacial score (nSPS) is 12.8. The maximum Gasteiger partial charge on any atom is 0.349 e. The molecule has 2 aromatic rings. The third-order valence-electron chi connectivity index (χ3n) is 3.68. The summed E-state index contributed by atoms with van der Waals surface area (Å²) in [7, 11) is 0. The fourth-order valence-corrected chi connectivity index (χ4v) is 3.46. The summed E-state index contributed by atoms with van der Waals surface area (Å²) in [4.78, 5) is 25.8. The van der Waals surface area contributed by atoms with E-state index in [4.69, 9.17) is 4.74 Å². The summed E-state index contributed by atoms with van der Waals surface area (Å²) in [5.41, 5.74) is 0.897. The van der Waals surface area contributed by atoms with Gasteiger partial charge in [0.1, 0.15) is 9.71 Å². The second-order valence-corrected chi connectivity index (χ2v) is 8.21. The molecule has 0 aliphatic rings. The molecule has 2 rings (SSSR count). The van der Waals surface area contributed by atoms with E-state index in [1.807, 2.05) is 25.5 Å². The molecular weight excluding hydrogens is 338 g/mol. The number of aryl methyl sites for hydroxylation is 1. The lowest BCUT2D eigenvalue weighted by Gasteiger charge is -2.14. The molecule has 0 bridgehead atoms. The molecule has 0 aliphatic heterocycles. The predicted molar refractivity (Wildman–Crippen MR) is 99.9 cm³/mol. The minimum absolute atomic E-state index is 0.273. The number of thiophene rings is 1. The number of carbonyl (C=O) groups excluding carboxylic acids is 2. The number of nitrogens with one attached hydrogen (secondary N) is 1. The summed E-state index contributed by atoms with van der Waals surface area (Å²) in [6.45, 7) is 13.2. The highest BCUT2D eigenvalue weighted by Crippen LogP contribution is 2.29. The van der Waals surface area contributed by atoms with E-state index < -0.39 is 12.1 Å². The Morgan fingerprint density at radius 1 is 1.24 bits per heavy atom. The van der Waals surface area contributed by atoms with Crippen molar-refractivity contribution in [2.45, 2.75) is 54.2 Å². The number of hydrogen-bond acceptors (Lipinski definition) is 5. The average Bonchev–Trinajstić information content (AvgIpc) is 3.06. The van der Waals surface area contributed by atoms with Gasteiger partial charge in [-0.1, -0.05) is 27.7 Å². The van der Waals surface area contributed by atoms with Crippen LogP contribution in [0.4, 0.5) is 0 Å². The first-order chi connectivity index (χ1) is 11.7. The molecule has 0 aromatic carbocycles. The Kier molecular flexibility index (Phi) is 6.21. The molecule has 1 unspecified atom stereocenters. The number of rotatable bonds is 7. The molecule has 1 N–H and O–H groups in total. The van der Waals surface area contributed by atoms with Gasteiger partial charge in [-0.3, -0.25) is 9.48 Å². The van der Waals surface area contributed by atoms with Gasteiger partial charge in [0.25, 0.3) is 5.91 Å². The third-order valence-corrected chi connectivity index (χ3v) is 4.81. The number of nitrogens with zero attached hydrogens (tertiary/aromatic N) is 2. The summed E-state index contributed by atoms with van der Waals surface area (Å²) in [6.07, 6.45) is -0.815. The van der Waals surface area contributed by atoms with E-state index in [-0.39, 0.29) is 5.91 Å². The Labute approximate surface area is 152 Å². The van der Waals surface area contributed by atoms with Crippen molar-refractivity contribution in [3.8, 4) is 0 Å². The number of aromatic nitrogens is 2. The van der Waals surface area contributed by atoms with Gasteiger partial charge in [-0.2, -0.15) is 5.10 Å². The van der Waals surface area contributed by atoms with Crippen LogP contribution in [0.1, 0.15) is 50.0 Å². The standard InChI is InChI=1S/C18H27N3O3S/c1-10(2)8-19-16(22)13(6)24-18(23)15-7-14-12(5)20-21(9-11(3)4)17(14)25-15/h7,10-11,13H,8-9H2,1-6H3,(H,19,22). The molecule has 1 amide bonds. The molecule has 0 saturated heterocycles. The molecular formula is C18H27N3O3S. The van der Waals surface area contributed by atoms with Gasteiger partial charge in [0.15, 0.2) is 6.10 Å². The highest BCUT2D eigenvalue weighted by molar-refractivity contribution is 7.20. The number of amides is 1. The molecule has 0 aliphatic carbocycles. The second-order valence-electron chi connectivity index (χ2n) is 7.18. The number of hydrogen-bond donors (Lipinski definition) is 1. The van der Waals surface area contributed by atoms with Crippen molar-refractivity contribution >= 4 is 33.4 Å². The zero-order valence-corrected chi connectivity index (χ0v) is 16.6. The van der Waals surface area contributed by atoms with Crippen molar-refractivity contribution in [2.75, 3.05) is 6.54 Å². The lowest BCUT2D eigenvalue weighted by atomic mass is 10.2. The number of ether oxygens (including phenoxy) is 1. The smallest absolute Gasteiger partial charge is 0.349 e. The molecule has 7 heteroatoms. The van der Waals surface area contributed by atoms with E-state index in [9.17, 15) is 9.59 Å². The van der Waals surface area contributed by atoms with Crippen LogP contribution in [0.25, 0.3) is 10.2 Å². The molecule has 2 heterocycles. The van der Waals surface area contributed by atoms with Gasteiger partial charge in [-0.05, 0) is 31.7 Å². The number of fused-ring (bicyclic) bond motifs is 1. The van der Waals surface area contributed by atoms with Crippen LogP contribution in [0, 0.1) is 18.8 Å². The van der Waals surface area contributed by atoms with E-state index in [2.05, 4.69) is 24.3 Å². The minimum Gasteiger partial charge on any atom is -0.448 e. The van der Waals surface area contributed by atoms with Crippen molar-refractivity contribution in [3.63, 3.8) is 0 Å². The van der Waals surface area contributed by atoms with Crippen LogP contribution < -0.4 is 5.32 Å². The molecule has 6 nitrogen and oxygen atoms in total. The molecule has 0 spiro atoms. The molecule has 25 heavy (non-hydrogen) atoms. The maximum atomic E-state index is 12.4. The zero-order chi connectivity index (χ0) is 18.7. The summed E-state index contributed by atoms with van der Waals surface area (Å²) < 4.78 is 7.26. The van der Waals surface area contributed by atoms with Gasteiger partial charge in [-0.15, -0.1) is 11.3 Å². The molecule has 0 radical (unpaired) electrons. The van der Waals surface area contributed by atoms with Gasteiger partial charge < -0.3 is 10.1 Å². The van der Waals surface area contributed by atoms with Crippen molar-refractivity contribution in [1.29, 1.82) is 0 Å². The molecule has 0 saturated carbocycles. The number of esters is 1. The predicted octanol–water partition coefficient (Wildman–Crippen LogP) is 3.38. The van der Waals surface area contributed by atoms with Crippen LogP contribution in [0.3, 0.4) is 0 Å². The summed E-state index contributed by atoms with van der Waals surface area (Å²) in [5.74, 6) is 0.0696. The van der Waals surface area contributed by atoms with Crippen LogP contribution in [0.2, 0.25) is 0 Å². The average molecular weight is 365 g/mol. The SMILES string of the molecule is Cc1nn(CC(C)C)c2sc(C(=O)OC(C)C(=O)NCC(C)C)cc12. The van der Waals surface area contributed by atoms with Crippen LogP contribution in [-0.2, 0) is 16.1 Å². The fraction of sp³-hybridized carbons (Fsp3) is 0.611. The van der Waals surface area contributed by atoms with E-state index in [0.29, 0.717) is 23.3 Å². The summed E-state index contributed by atoms with van der Waals surface area (Å²) in [5, 5.41) is 8.27. The van der Waals surface area contributed by atoms with E-state index in [1.54, 1.807) is 13.0 Å². The minimum atomic E-state index is -0.815. The van der Waals surface area contributed by atoms with Crippen LogP contribution in [-0.4, -0.2) is 34.3 Å². The van der Waals surface area contributed by atoms with Crippen molar-refractivity contribution < 1.29 is 14.3 Å². The fourth-order valence-electron chi connectivity index (χ4n) is 2.40. The Hall–Kier alpha value is -1.89. The third kappa shape index (κ3) is 4.81. The van der Waals surface area contributed by atoms with Crippen LogP contribution in [0.5, 0.6) is 0 Å². The van der Waals surface area contributed by atoms with Gasteiger partial charge in [0.05, 0.1) is 5.69 Å². The van der Waals surface area contributed by atoms with E-state index in [0.717, 1.165) is 22.5 Å². The topological polar surface area (TPSA) is 73.2 Å². The zero-order valence-electron chi connectivity index (χ0n) is 15.8. The Morgan fingerprint density at radius 2 is 1.92 bits per heavy atom. The van der Waals surface area contributed by atoms with Crippen LogP contribution >= 0.6 is 11.3 Å². The van der Waals surface area contributed by atoms with Gasteiger partial charge in [-0.25, -0.2) is 4.79 Å². The van der Waals surface area contributed by atoms with Crippen LogP contribution in [0.15, 0.2) is 6.07 Å². The Morgan fingerprint density at radius 3 is 2.52 bits per heavy atom. The Bertz CT molecular complexity index is 761. The van der Waals surface area contributed by atoms with Crippen molar-refractivity contribution in [1.82, 2.24) is 15.1 Å². The molecule has 2 aromatic heterocycles. The lowest BCUT2D eigenvalue weighted by molar-refractivity contribution is -0.129. The number of carbonyl (C=O) groups is 2. The second kappa shape index (κ2) is 7.99. The molecule has 1 atom stereocenters. The van der Waals surface area contributed by atoms with Gasteiger partial charge in [0, 0.05) is 18.5 Å². The van der Waals surface area contributed by atoms with Crippen molar-refractivity contribution in [3.05, 3.63) is 16.6 Å². The van der Waals surface area contributed by atoms with Crippen molar-refractivity contribution in [2.24, 2.45) is 11.8 Å². The highest BCUT2D eigenvalue weighted by atomic mass is 32.1. The van der Waals surface area contributed by atoms with Gasteiger partial charge >= 0.3 is 5.97 Å². The maximum absolute atomic E-state index is 12.4. The first kappa shape index (κ1) is 19.4. The van der Waals surface area contributed by atoms with E-state index in [1.165, 1.54) is 11.3 Å². The quantitative estimate of drug-likeness (QED) is 0.764. The summed E-state index contributed by atoms with van der Waals surface area (Å²) in [6, 6.07) is 1.81. The molecule has 138 valence electrons. The molecule has 0 fully saturated rings. The first-order valence-corrected chi connectivity index (χ1v) is 9.46. The Balaban J connectivity index is 2.10. The largest absolute Gasteiger partial charge is 0.448 e. The van der Waals surface area contributed by atoms with Gasteiger partial charge in [0.2, 0.25) is 0 Å². The summed E-state index contributed by atoms with van der Waals surface area (Å²) >= 11 is 1.36. The first-order valence-electron chi connectivity index (χ1n) is 8.64. The lowest BCUT2D eigenvalue weighted by Crippen LogP contribution is -2.37. The highest BCUT2D eigenvalue weighted by Gasteiger charge is 2.22.